The van der Waals surface area contributed by atoms with Gasteiger partial charge in [-0.15, -0.1) is 0 Å². The maximum Gasteiger partial charge on any atom is 0.237 e. The van der Waals surface area contributed by atoms with Gasteiger partial charge in [-0.1, -0.05) is 24.3 Å². The summed E-state index contributed by atoms with van der Waals surface area (Å²) in [5, 5.41) is 3.35. The molecule has 0 spiro atoms. The van der Waals surface area contributed by atoms with Gasteiger partial charge in [-0.2, -0.15) is 0 Å². The first-order valence-electron chi connectivity index (χ1n) is 9.92. The Kier molecular flexibility index (Phi) is 4.38. The predicted molar refractivity (Wildman–Crippen MR) is 102 cm³/mol. The number of rotatable bonds is 3. The van der Waals surface area contributed by atoms with Crippen LogP contribution in [0.15, 0.2) is 30.5 Å². The fourth-order valence-electron chi connectivity index (χ4n) is 4.54. The molecule has 0 radical (unpaired) electrons. The molecule has 0 aliphatic carbocycles. The van der Waals surface area contributed by atoms with E-state index in [0.29, 0.717) is 6.54 Å². The number of fused-ring (bicyclic) bond motifs is 2. The first-order valence-corrected chi connectivity index (χ1v) is 9.92. The van der Waals surface area contributed by atoms with E-state index >= 15 is 0 Å². The standard InChI is InChI=1S/C21H25N5O/c27-20(14-25-12-15-4-1-2-5-16(15)13-25)26-9-3-6-19(26)21-23-11-17-10-22-8-7-18(17)24-21/h1-2,4-5,11,19,22H,3,6-10,12-14H2. The molecule has 6 heteroatoms. The SMILES string of the molecule is O=C(CN1Cc2ccccc2C1)N1CCCC1c1ncc2c(n1)CCNC2. The molecule has 1 fully saturated rings. The van der Waals surface area contributed by atoms with Crippen molar-refractivity contribution in [3.8, 4) is 0 Å². The van der Waals surface area contributed by atoms with Gasteiger partial charge in [0.1, 0.15) is 0 Å². The lowest BCUT2D eigenvalue weighted by molar-refractivity contribution is -0.133. The lowest BCUT2D eigenvalue weighted by Crippen LogP contribution is -2.39. The van der Waals surface area contributed by atoms with Gasteiger partial charge in [0, 0.05) is 56.6 Å². The largest absolute Gasteiger partial charge is 0.331 e. The Hall–Kier alpha value is -2.31. The van der Waals surface area contributed by atoms with Crippen LogP contribution in [0, 0.1) is 0 Å². The van der Waals surface area contributed by atoms with Crippen molar-refractivity contribution in [2.75, 3.05) is 19.6 Å². The van der Waals surface area contributed by atoms with E-state index in [-0.39, 0.29) is 11.9 Å². The first kappa shape index (κ1) is 16.8. The zero-order chi connectivity index (χ0) is 18.2. The maximum atomic E-state index is 13.0. The van der Waals surface area contributed by atoms with Gasteiger partial charge < -0.3 is 10.2 Å². The van der Waals surface area contributed by atoms with E-state index in [1.54, 1.807) is 0 Å². The number of amides is 1. The van der Waals surface area contributed by atoms with Crippen LogP contribution in [-0.4, -0.2) is 45.3 Å². The number of nitrogens with zero attached hydrogens (tertiary/aromatic N) is 4. The van der Waals surface area contributed by atoms with Gasteiger partial charge in [0.25, 0.3) is 0 Å². The molecule has 1 amide bonds. The lowest BCUT2D eigenvalue weighted by Gasteiger charge is -2.27. The fraction of sp³-hybridized carbons (Fsp3) is 0.476. The number of benzene rings is 1. The number of hydrogen-bond donors (Lipinski definition) is 1. The molecule has 3 aliphatic heterocycles. The Labute approximate surface area is 159 Å². The van der Waals surface area contributed by atoms with E-state index in [0.717, 1.165) is 63.5 Å². The third-order valence-electron chi connectivity index (χ3n) is 5.96. The summed E-state index contributed by atoms with van der Waals surface area (Å²) in [5.41, 5.74) is 5.02. The monoisotopic (exact) mass is 363 g/mol. The summed E-state index contributed by atoms with van der Waals surface area (Å²) in [7, 11) is 0. The Bertz CT molecular complexity index is 842. The van der Waals surface area contributed by atoms with Gasteiger partial charge in [-0.3, -0.25) is 9.69 Å². The van der Waals surface area contributed by atoms with E-state index in [1.165, 1.54) is 16.7 Å². The van der Waals surface area contributed by atoms with Gasteiger partial charge >= 0.3 is 0 Å². The molecule has 140 valence electrons. The highest BCUT2D eigenvalue weighted by Gasteiger charge is 2.33. The minimum absolute atomic E-state index is 0.0302. The van der Waals surface area contributed by atoms with Crippen molar-refractivity contribution in [1.82, 2.24) is 25.1 Å². The second-order valence-electron chi connectivity index (χ2n) is 7.79. The third-order valence-corrected chi connectivity index (χ3v) is 5.96. The zero-order valence-electron chi connectivity index (χ0n) is 15.5. The lowest BCUT2D eigenvalue weighted by atomic mass is 10.1. The number of likely N-dealkylation sites (tertiary alicyclic amines) is 1. The quantitative estimate of drug-likeness (QED) is 0.901. The molecule has 1 saturated heterocycles. The van der Waals surface area contributed by atoms with E-state index in [1.807, 2.05) is 11.1 Å². The van der Waals surface area contributed by atoms with Gasteiger partial charge in [0.2, 0.25) is 5.91 Å². The average Bonchev–Trinajstić information content (AvgIpc) is 3.34. The Morgan fingerprint density at radius 1 is 1.19 bits per heavy atom. The maximum absolute atomic E-state index is 13.0. The van der Waals surface area contributed by atoms with Gasteiger partial charge in [0.05, 0.1) is 12.6 Å². The van der Waals surface area contributed by atoms with Crippen molar-refractivity contribution in [2.24, 2.45) is 0 Å². The highest BCUT2D eigenvalue weighted by atomic mass is 16.2. The molecule has 0 saturated carbocycles. The van der Waals surface area contributed by atoms with Crippen molar-refractivity contribution in [1.29, 1.82) is 0 Å². The summed E-state index contributed by atoms with van der Waals surface area (Å²) in [6.07, 6.45) is 4.88. The summed E-state index contributed by atoms with van der Waals surface area (Å²) in [5.74, 6) is 1.03. The summed E-state index contributed by atoms with van der Waals surface area (Å²) >= 11 is 0. The minimum atomic E-state index is 0.0302. The average molecular weight is 363 g/mol. The topological polar surface area (TPSA) is 61.4 Å². The third kappa shape index (κ3) is 3.24. The van der Waals surface area contributed by atoms with Gasteiger partial charge in [-0.05, 0) is 24.0 Å². The zero-order valence-corrected chi connectivity index (χ0v) is 15.5. The Morgan fingerprint density at radius 3 is 2.81 bits per heavy atom. The number of nitrogens with one attached hydrogen (secondary N) is 1. The normalized spacial score (nSPS) is 21.9. The number of carbonyl (C=O) groups is 1. The van der Waals surface area contributed by atoms with Crippen LogP contribution in [0.4, 0.5) is 0 Å². The molecule has 1 N–H and O–H groups in total. The number of aromatic nitrogens is 2. The van der Waals surface area contributed by atoms with Crippen molar-refractivity contribution >= 4 is 5.91 Å². The molecule has 1 aromatic heterocycles. The highest BCUT2D eigenvalue weighted by Crippen LogP contribution is 2.31. The summed E-state index contributed by atoms with van der Waals surface area (Å²) in [4.78, 5) is 26.7. The molecular formula is C21H25N5O. The molecular weight excluding hydrogens is 338 g/mol. The molecule has 4 heterocycles. The van der Waals surface area contributed by atoms with E-state index in [2.05, 4.69) is 39.5 Å². The molecule has 27 heavy (non-hydrogen) atoms. The Morgan fingerprint density at radius 2 is 2.00 bits per heavy atom. The van der Waals surface area contributed by atoms with Crippen molar-refractivity contribution in [2.45, 2.75) is 44.9 Å². The summed E-state index contributed by atoms with van der Waals surface area (Å²) in [6, 6.07) is 8.50. The van der Waals surface area contributed by atoms with Crippen LogP contribution in [0.25, 0.3) is 0 Å². The van der Waals surface area contributed by atoms with Gasteiger partial charge in [-0.25, -0.2) is 9.97 Å². The van der Waals surface area contributed by atoms with Crippen LogP contribution in [0.3, 0.4) is 0 Å². The Balaban J connectivity index is 1.29. The highest BCUT2D eigenvalue weighted by molar-refractivity contribution is 5.79. The predicted octanol–water partition coefficient (Wildman–Crippen LogP) is 1.80. The van der Waals surface area contributed by atoms with Crippen molar-refractivity contribution in [3.63, 3.8) is 0 Å². The fourth-order valence-corrected chi connectivity index (χ4v) is 4.54. The van der Waals surface area contributed by atoms with Crippen LogP contribution in [0.1, 0.15) is 47.1 Å². The second kappa shape index (κ2) is 7.02. The number of hydrogen-bond acceptors (Lipinski definition) is 5. The molecule has 2 aromatic rings. The second-order valence-corrected chi connectivity index (χ2v) is 7.79. The van der Waals surface area contributed by atoms with Crippen LogP contribution in [0.2, 0.25) is 0 Å². The van der Waals surface area contributed by atoms with E-state index < -0.39 is 0 Å². The smallest absolute Gasteiger partial charge is 0.237 e. The molecule has 6 nitrogen and oxygen atoms in total. The molecule has 3 aliphatic rings. The number of carbonyl (C=O) groups excluding carboxylic acids is 1. The first-order chi connectivity index (χ1) is 13.3. The minimum Gasteiger partial charge on any atom is -0.331 e. The van der Waals surface area contributed by atoms with Crippen LogP contribution in [0.5, 0.6) is 0 Å². The molecule has 1 aromatic carbocycles. The molecule has 1 unspecified atom stereocenters. The summed E-state index contributed by atoms with van der Waals surface area (Å²) < 4.78 is 0. The van der Waals surface area contributed by atoms with Crippen molar-refractivity contribution < 1.29 is 4.79 Å². The van der Waals surface area contributed by atoms with Crippen molar-refractivity contribution in [3.05, 3.63) is 58.7 Å². The van der Waals surface area contributed by atoms with E-state index in [4.69, 9.17) is 4.98 Å². The van der Waals surface area contributed by atoms with Crippen LogP contribution in [-0.2, 0) is 30.8 Å². The van der Waals surface area contributed by atoms with Crippen LogP contribution >= 0.6 is 0 Å². The van der Waals surface area contributed by atoms with Crippen LogP contribution < -0.4 is 5.32 Å². The molecule has 5 rings (SSSR count). The molecule has 1 atom stereocenters. The molecule has 0 bridgehead atoms. The van der Waals surface area contributed by atoms with E-state index in [9.17, 15) is 4.79 Å². The summed E-state index contributed by atoms with van der Waals surface area (Å²) in [6.45, 7) is 4.82. The van der Waals surface area contributed by atoms with Gasteiger partial charge in [0.15, 0.2) is 5.82 Å².